The number of rotatable bonds is 29. The van der Waals surface area contributed by atoms with Crippen LogP contribution in [0.4, 0.5) is 0 Å². The molecule has 46 heteroatoms. The summed E-state index contributed by atoms with van der Waals surface area (Å²) in [6, 6.07) is 13.7. The normalized spacial score (nSPS) is 22.4. The van der Waals surface area contributed by atoms with E-state index < -0.39 is 246 Å². The minimum Gasteiger partial charge on any atom is -0.508 e. The number of aliphatic hydroxyl groups excluding tert-OH is 1. The van der Waals surface area contributed by atoms with Gasteiger partial charge in [-0.25, -0.2) is 4.98 Å². The van der Waals surface area contributed by atoms with Gasteiger partial charge in [0.25, 0.3) is 0 Å². The lowest BCUT2D eigenvalue weighted by Crippen LogP contribution is -2.62. The number of aromatic hydroxyl groups is 1. The number of carboxylic acids is 1. The van der Waals surface area contributed by atoms with E-state index in [1.165, 1.54) is 71.7 Å². The predicted octanol–water partition coefficient (Wildman–Crippen LogP) is -2.03. The minimum absolute atomic E-state index is 0.00841. The number of primary amides is 1. The number of nitrogens with one attached hydrogen (secondary N) is 19. The fraction of sp³-hybridized carbons (Fsp3) is 0.443. The second-order valence-electron chi connectivity index (χ2n) is 36.0. The first kappa shape index (κ1) is 113. The van der Waals surface area contributed by atoms with Crippen molar-refractivity contribution in [2.24, 2.45) is 35.0 Å². The van der Waals surface area contributed by atoms with Gasteiger partial charge in [0.15, 0.2) is 11.9 Å². The van der Waals surface area contributed by atoms with E-state index in [0.717, 1.165) is 20.9 Å². The van der Waals surface area contributed by atoms with Crippen molar-refractivity contribution in [3.63, 3.8) is 0 Å². The van der Waals surface area contributed by atoms with Crippen molar-refractivity contribution in [3.8, 4) is 16.9 Å². The molecule has 2 aromatic heterocycles. The van der Waals surface area contributed by atoms with E-state index in [1.807, 2.05) is 30.3 Å². The summed E-state index contributed by atoms with van der Waals surface area (Å²) in [7, 11) is 2.58. The molecule has 14 atom stereocenters. The molecule has 1 saturated heterocycles. The van der Waals surface area contributed by atoms with Gasteiger partial charge in [0, 0.05) is 94.0 Å². The van der Waals surface area contributed by atoms with E-state index in [2.05, 4.69) is 94.7 Å². The maximum absolute atomic E-state index is 15.6. The number of guanidine groups is 2. The fourth-order valence-corrected chi connectivity index (χ4v) is 16.5. The van der Waals surface area contributed by atoms with Crippen molar-refractivity contribution in [2.45, 2.75) is 204 Å². The Labute approximate surface area is 830 Å². The third kappa shape index (κ3) is 35.7. The number of phenols is 1. The van der Waals surface area contributed by atoms with Crippen molar-refractivity contribution in [2.75, 3.05) is 51.8 Å². The lowest BCUT2D eigenvalue weighted by molar-refractivity contribution is -0.148. The van der Waals surface area contributed by atoms with Gasteiger partial charge in [0.1, 0.15) is 90.3 Å². The van der Waals surface area contributed by atoms with Gasteiger partial charge < -0.3 is 132 Å². The number of carbonyl (C=O) groups excluding carboxylic acids is 16. The Balaban J connectivity index is 1.23. The molecule has 1 aliphatic heterocycles. The number of para-hydroxylation sites is 1. The number of thioether (sulfide) groups is 1. The molecule has 0 radical (unpaired) electrons. The number of nitrogens with zero attached hydrogens (tertiary/aromatic N) is 3. The molecule has 3 heterocycles. The molecule has 45 nitrogen and oxygen atoms in total. The number of carbonyl (C=O) groups is 17. The Bertz CT molecular complexity index is 5580. The Hall–Kier alpha value is -15.5. The van der Waals surface area contributed by atoms with Crippen molar-refractivity contribution >= 4 is 135 Å². The predicted molar refractivity (Wildman–Crippen MR) is 530 cm³/mol. The first-order valence-corrected chi connectivity index (χ1v) is 47.9. The van der Waals surface area contributed by atoms with Crippen LogP contribution in [0.25, 0.3) is 22.0 Å². The maximum Gasteiger partial charge on any atom is 0.305 e. The molecule has 28 N–H and O–H groups in total. The maximum atomic E-state index is 15.6. The van der Waals surface area contributed by atoms with Gasteiger partial charge in [0.05, 0.1) is 31.7 Å². The summed E-state index contributed by atoms with van der Waals surface area (Å²) in [5, 5.41) is 87.0. The summed E-state index contributed by atoms with van der Waals surface area (Å²) in [4.78, 5) is 262. The number of likely N-dealkylation sites (N-methyl/N-ethyl adjacent to an activating group) is 2. The quantitative estimate of drug-likeness (QED) is 0.0137. The number of nitrogens with two attached hydrogens (primary N) is 3. The Kier molecular flexibility index (Phi) is 43.7. The molecule has 0 unspecified atom stereocenters. The van der Waals surface area contributed by atoms with Gasteiger partial charge in [-0.15, -0.1) is 11.8 Å². The second-order valence-corrected chi connectivity index (χ2v) is 37.0. The van der Waals surface area contributed by atoms with Gasteiger partial charge in [0.2, 0.25) is 94.5 Å². The summed E-state index contributed by atoms with van der Waals surface area (Å²) in [5.74, 6) is -22.3. The van der Waals surface area contributed by atoms with Crippen LogP contribution >= 0.6 is 11.8 Å². The molecule has 8 rings (SSSR count). The molecular weight excluding hydrogens is 1870 g/mol. The number of aliphatic carboxylic acids is 1. The van der Waals surface area contributed by atoms with E-state index in [4.69, 9.17) is 28.0 Å². The first-order chi connectivity index (χ1) is 68.0. The smallest absolute Gasteiger partial charge is 0.305 e. The highest BCUT2D eigenvalue weighted by atomic mass is 32.2. The Morgan fingerprint density at radius 2 is 0.944 bits per heavy atom. The van der Waals surface area contributed by atoms with E-state index in [1.54, 1.807) is 113 Å². The van der Waals surface area contributed by atoms with Gasteiger partial charge in [-0.05, 0) is 108 Å². The molecule has 5 aromatic carbocycles. The highest BCUT2D eigenvalue weighted by Crippen LogP contribution is 2.25. The van der Waals surface area contributed by atoms with Crippen molar-refractivity contribution in [1.82, 2.24) is 105 Å². The van der Waals surface area contributed by atoms with Crippen LogP contribution in [0.15, 0.2) is 152 Å². The molecule has 770 valence electrons. The molecule has 0 aliphatic carbocycles. The number of H-pyrrole nitrogens is 2. The molecule has 0 saturated carbocycles. The van der Waals surface area contributed by atoms with Crippen LogP contribution in [0, 0.1) is 28.6 Å². The van der Waals surface area contributed by atoms with E-state index in [-0.39, 0.29) is 93.8 Å². The SMILES string of the molecule is CC(C)C[C@@H]1NC(=O)[C@H](CCCNC(=N)N)NC(=O)[C@H](Cc2ccccc2)N(C)C(=O)[C@H](C)N(C)C(=O)[C@H](CCCNC(=N)N)NC(=O)[C@H](Cc2ccc(-c3ccccc3)cc2)NC(=O)[C@H](C(C)C)NC(=O)[C@H](Cc2c[nH]c3ccccc23)NC(=O)[C@H](CC(=O)O)NC(=O)[C@H](Cc2ccc(O)cc2)NC(=O)[C@H](Cc2cnc[nH]2)NC(=O)CSC[C@@H](C(=O)NCC(N)=O)NC(=O)[C@H](CO)NC(=O)[C@H](C(C)C)NC1=O. The summed E-state index contributed by atoms with van der Waals surface area (Å²) in [5.41, 5.74) is 20.8. The van der Waals surface area contributed by atoms with Crippen LogP contribution in [0.3, 0.4) is 0 Å². The van der Waals surface area contributed by atoms with Crippen molar-refractivity contribution in [3.05, 3.63) is 180 Å². The number of aromatic amines is 2. The molecular formula is C97H131N25O20S. The third-order valence-corrected chi connectivity index (χ3v) is 24.7. The highest BCUT2D eigenvalue weighted by molar-refractivity contribution is 8.00. The zero-order valence-electron chi connectivity index (χ0n) is 81.0. The van der Waals surface area contributed by atoms with Crippen LogP contribution in [0.5, 0.6) is 5.75 Å². The Morgan fingerprint density at radius 3 is 1.49 bits per heavy atom. The molecule has 0 bridgehead atoms. The van der Waals surface area contributed by atoms with E-state index in [0.29, 0.717) is 39.4 Å². The monoisotopic (exact) mass is 2000 g/mol. The number of carboxylic acid groups (broad SMARTS) is 1. The zero-order valence-corrected chi connectivity index (χ0v) is 81.8. The van der Waals surface area contributed by atoms with Gasteiger partial charge in [-0.3, -0.25) is 92.3 Å². The number of benzene rings is 5. The van der Waals surface area contributed by atoms with Crippen LogP contribution in [0.1, 0.15) is 115 Å². The average Bonchev–Trinajstić information content (AvgIpc) is 1.76. The summed E-state index contributed by atoms with van der Waals surface area (Å²) < 4.78 is 0. The number of hydrogen-bond acceptors (Lipinski definition) is 23. The van der Waals surface area contributed by atoms with Gasteiger partial charge >= 0.3 is 5.97 Å². The minimum atomic E-state index is -2.09. The number of fused-ring (bicyclic) bond motifs is 1. The summed E-state index contributed by atoms with van der Waals surface area (Å²) in [6.45, 7) is 9.07. The third-order valence-electron chi connectivity index (χ3n) is 23.6. The number of hydrogen-bond donors (Lipinski definition) is 25. The standard InChI is InChI=1S/C97H131N25O20S/c1-52(2)38-68-88(135)119-81(54(5)6)93(140)117-74(48-123)90(137)118-75(82(129)107-47-77(98)125)49-143-50-78(126)109-72(43-62-46-103-51-108-62)86(133)113-69(40-58-30-34-63(124)35-31-58)85(132)115-73(44-79(127)128)87(134)114-71(42-61-45-106-65-25-17-16-24-64(61)65)89(136)120-80(53(3)4)92(139)116-70(39-57-28-32-60(33-29-57)59-22-14-11-15-23-59)84(131)111-67(27-19-37-105-97(101)102)95(142)121(8)55(7)94(141)122(9)76(41-56-20-12-10-13-21-56)91(138)110-66(83(130)112-68)26-18-36-104-96(99)100/h10-17,20-25,28-35,45-46,51-55,66-76,80-81,106,123-124H,18-19,26-27,36-44,47-50H2,1-9H3,(H2,98,125)(H,103,108)(H,107,129)(H,109,126)(H,110,138)(H,111,131)(H,112,130)(H,113,133)(H,114,134)(H,115,132)(H,116,139)(H,117,140)(H,118,137)(H,119,135)(H,120,136)(H,127,128)(H4,99,100,104)(H4,101,102,105)/t55-,66-,67-,68-,69-,70-,71-,72-,73-,74-,75-,76-,80-,81-/m0/s1. The van der Waals surface area contributed by atoms with Gasteiger partial charge in [-0.2, -0.15) is 0 Å². The van der Waals surface area contributed by atoms with Crippen LogP contribution in [-0.4, -0.2) is 289 Å². The number of phenolic OH excluding ortho intramolecular Hbond substituents is 1. The average molecular weight is 2000 g/mol. The number of imidazole rings is 1. The highest BCUT2D eigenvalue weighted by Gasteiger charge is 2.42. The number of aliphatic hydroxyl groups is 1. The number of amides is 16. The Morgan fingerprint density at radius 1 is 0.483 bits per heavy atom. The molecule has 1 fully saturated rings. The fourth-order valence-electron chi connectivity index (χ4n) is 15.7. The van der Waals surface area contributed by atoms with E-state index in [9.17, 15) is 53.7 Å². The molecule has 16 amide bonds. The molecule has 143 heavy (non-hydrogen) atoms. The first-order valence-electron chi connectivity index (χ1n) is 46.7. The van der Waals surface area contributed by atoms with Gasteiger partial charge in [-0.1, -0.05) is 157 Å². The molecule has 1 aliphatic rings. The van der Waals surface area contributed by atoms with Crippen LogP contribution in [0.2, 0.25) is 0 Å². The second kappa shape index (κ2) is 55.5. The zero-order chi connectivity index (χ0) is 105. The largest absolute Gasteiger partial charge is 0.508 e. The summed E-state index contributed by atoms with van der Waals surface area (Å²) in [6.07, 6.45) is 0.803. The van der Waals surface area contributed by atoms with E-state index >= 15 is 43.2 Å². The van der Waals surface area contributed by atoms with Crippen molar-refractivity contribution in [1.29, 1.82) is 10.8 Å². The van der Waals surface area contributed by atoms with Crippen LogP contribution < -0.4 is 97.0 Å². The number of aromatic nitrogens is 3. The molecule has 7 aromatic rings. The lowest BCUT2D eigenvalue weighted by atomic mass is 9.98. The van der Waals surface area contributed by atoms with Crippen molar-refractivity contribution < 1.29 is 96.8 Å². The van der Waals surface area contributed by atoms with Crippen LogP contribution in [-0.2, 0) is 114 Å². The summed E-state index contributed by atoms with van der Waals surface area (Å²) >= 11 is 0.687. The topological polar surface area (TPSA) is 708 Å². The lowest BCUT2D eigenvalue weighted by Gasteiger charge is -2.35. The molecule has 0 spiro atoms.